The van der Waals surface area contributed by atoms with Crippen LogP contribution in [0.15, 0.2) is 136 Å². The second-order valence-corrected chi connectivity index (χ2v) is 14.4. The molecular formula is C37H28NO9PS2. The van der Waals surface area contributed by atoms with Gasteiger partial charge in [0.25, 0.3) is 5.22 Å². The fraction of sp³-hybridized carbons (Fsp3) is 0.0541. The van der Waals surface area contributed by atoms with E-state index in [-0.39, 0.29) is 0 Å². The van der Waals surface area contributed by atoms with Gasteiger partial charge in [-0.25, -0.2) is 14.3 Å². The summed E-state index contributed by atoms with van der Waals surface area (Å²) in [7, 11) is -3.28. The highest BCUT2D eigenvalue weighted by atomic mass is 32.2. The number of carbonyl (C=O) groups excluding carboxylic acids is 1. The summed E-state index contributed by atoms with van der Waals surface area (Å²) in [4.78, 5) is 39.5. The number of methoxy groups -OCH3 is 1. The van der Waals surface area contributed by atoms with Gasteiger partial charge < -0.3 is 33.3 Å². The normalized spacial score (nSPS) is 13.1. The molecule has 6 aromatic carbocycles. The zero-order valence-corrected chi connectivity index (χ0v) is 28.8. The monoisotopic (exact) mass is 725 g/mol. The van der Waals surface area contributed by atoms with E-state index < -0.39 is 19.9 Å². The van der Waals surface area contributed by atoms with E-state index in [2.05, 4.69) is 54.6 Å². The number of nitrogens with zero attached hydrogens (tertiary/aromatic N) is 1. The molecule has 10 nitrogen and oxygen atoms in total. The largest absolute Gasteiger partial charge is 0.466 e. The summed E-state index contributed by atoms with van der Waals surface area (Å²) in [5.74, 6) is 1.09. The predicted octanol–water partition coefficient (Wildman–Crippen LogP) is 8.61. The van der Waals surface area contributed by atoms with E-state index in [0.29, 0.717) is 37.6 Å². The van der Waals surface area contributed by atoms with E-state index in [4.69, 9.17) is 42.9 Å². The van der Waals surface area contributed by atoms with Gasteiger partial charge in [-0.3, -0.25) is 0 Å². The first-order chi connectivity index (χ1) is 24.1. The van der Waals surface area contributed by atoms with Crippen molar-refractivity contribution in [1.82, 2.24) is 4.98 Å². The average Bonchev–Trinajstić information content (AvgIpc) is 3.51. The molecule has 7 aromatic rings. The average molecular weight is 726 g/mol. The van der Waals surface area contributed by atoms with E-state index in [9.17, 15) is 4.79 Å². The van der Waals surface area contributed by atoms with Crippen LogP contribution in [0, 0.1) is 0 Å². The molecule has 0 fully saturated rings. The number of phosphoric acid groups is 1. The smallest absolute Gasteiger partial charge is 0.465 e. The molecule has 0 atom stereocenters. The maximum absolute atomic E-state index is 12.1. The SMILES string of the molecule is COC(=O)c1ccc2oc([SH]=C(OC3c4ccccc4Oc4ccccc43)Sc3cccc4cc5ccccc5cc34)nc2c1.O=P(O)(O)O. The van der Waals surface area contributed by atoms with Crippen LogP contribution in [-0.2, 0) is 14.0 Å². The molecule has 0 bridgehead atoms. The number of hydrogen-bond donors (Lipinski definition) is 4. The van der Waals surface area contributed by atoms with Crippen LogP contribution in [0.3, 0.4) is 0 Å². The molecule has 1 aliphatic rings. The van der Waals surface area contributed by atoms with Crippen molar-refractivity contribution in [3.63, 3.8) is 0 Å². The highest BCUT2D eigenvalue weighted by molar-refractivity contribution is 8.26. The summed E-state index contributed by atoms with van der Waals surface area (Å²) >= 11 is 2.19. The van der Waals surface area contributed by atoms with Gasteiger partial charge in [-0.1, -0.05) is 95.9 Å². The maximum Gasteiger partial charge on any atom is 0.466 e. The predicted molar refractivity (Wildman–Crippen MR) is 195 cm³/mol. The van der Waals surface area contributed by atoms with Gasteiger partial charge in [0.15, 0.2) is 5.58 Å². The minimum absolute atomic E-state index is 0.410. The number of para-hydroxylation sites is 2. The van der Waals surface area contributed by atoms with Gasteiger partial charge in [-0.05, 0) is 70.1 Å². The first-order valence-electron chi connectivity index (χ1n) is 15.1. The van der Waals surface area contributed by atoms with Crippen molar-refractivity contribution in [2.24, 2.45) is 0 Å². The lowest BCUT2D eigenvalue weighted by molar-refractivity contribution is 0.0600. The number of carbonyl (C=O) groups is 1. The van der Waals surface area contributed by atoms with E-state index in [1.165, 1.54) is 17.9 Å². The third-order valence-electron chi connectivity index (χ3n) is 7.73. The molecule has 0 unspecified atom stereocenters. The minimum atomic E-state index is -4.64. The van der Waals surface area contributed by atoms with Crippen molar-refractivity contribution in [3.05, 3.63) is 138 Å². The number of fused-ring (bicyclic) bond motifs is 5. The third kappa shape index (κ3) is 7.52. The highest BCUT2D eigenvalue weighted by Crippen LogP contribution is 2.46. The van der Waals surface area contributed by atoms with Crippen LogP contribution in [0.4, 0.5) is 0 Å². The van der Waals surface area contributed by atoms with Crippen molar-refractivity contribution in [2.45, 2.75) is 16.2 Å². The van der Waals surface area contributed by atoms with Gasteiger partial charge in [0, 0.05) is 16.0 Å². The van der Waals surface area contributed by atoms with E-state index in [0.717, 1.165) is 38.3 Å². The van der Waals surface area contributed by atoms with E-state index >= 15 is 0 Å². The van der Waals surface area contributed by atoms with E-state index in [1.807, 2.05) is 48.5 Å². The molecule has 0 aliphatic carbocycles. The number of rotatable bonds is 4. The van der Waals surface area contributed by atoms with Crippen LogP contribution in [0.1, 0.15) is 27.6 Å². The zero-order valence-electron chi connectivity index (χ0n) is 26.2. The quantitative estimate of drug-likeness (QED) is 0.0345. The summed E-state index contributed by atoms with van der Waals surface area (Å²) in [5.41, 5.74) is 3.44. The Labute approximate surface area is 293 Å². The molecule has 0 saturated heterocycles. The second kappa shape index (κ2) is 14.2. The lowest BCUT2D eigenvalue weighted by Gasteiger charge is -2.28. The summed E-state index contributed by atoms with van der Waals surface area (Å²) in [6.07, 6.45) is -0.410. The van der Waals surface area contributed by atoms with Crippen LogP contribution in [-0.4, -0.2) is 37.1 Å². The van der Waals surface area contributed by atoms with E-state index in [1.54, 1.807) is 30.0 Å². The van der Waals surface area contributed by atoms with Crippen molar-refractivity contribution in [3.8, 4) is 11.5 Å². The lowest BCUT2D eigenvalue weighted by Crippen LogP contribution is -2.15. The Morgan fingerprint density at radius 2 is 1.42 bits per heavy atom. The van der Waals surface area contributed by atoms with Crippen LogP contribution in [0.25, 0.3) is 32.6 Å². The molecule has 0 amide bonds. The van der Waals surface area contributed by atoms with Crippen molar-refractivity contribution in [1.29, 1.82) is 0 Å². The van der Waals surface area contributed by atoms with Gasteiger partial charge in [-0.15, -0.1) is 0 Å². The molecule has 0 saturated carbocycles. The highest BCUT2D eigenvalue weighted by Gasteiger charge is 2.29. The fourth-order valence-corrected chi connectivity index (χ4v) is 7.67. The summed E-state index contributed by atoms with van der Waals surface area (Å²) in [6.45, 7) is 0. The molecule has 8 rings (SSSR count). The van der Waals surface area contributed by atoms with Crippen molar-refractivity contribution >= 4 is 73.9 Å². The number of ether oxygens (including phenoxy) is 3. The Hall–Kier alpha value is -4.78. The molecule has 50 heavy (non-hydrogen) atoms. The Bertz CT molecular complexity index is 2420. The Balaban J connectivity index is 0.000000734. The lowest BCUT2D eigenvalue weighted by atomic mass is 9.97. The molecular weight excluding hydrogens is 698 g/mol. The zero-order chi connectivity index (χ0) is 34.8. The molecule has 0 radical (unpaired) electrons. The Kier molecular flexibility index (Phi) is 9.58. The van der Waals surface area contributed by atoms with Gasteiger partial charge >= 0.3 is 13.8 Å². The third-order valence-corrected chi connectivity index (χ3v) is 9.79. The fourth-order valence-electron chi connectivity index (χ4n) is 5.57. The van der Waals surface area contributed by atoms with Gasteiger partial charge in [0.2, 0.25) is 0 Å². The molecule has 1 aromatic heterocycles. The second-order valence-electron chi connectivity index (χ2n) is 11.0. The number of hydrogen-bond acceptors (Lipinski definition) is 8. The topological polar surface area (TPSA) is 149 Å². The number of oxazole rings is 1. The molecule has 0 spiro atoms. The Morgan fingerprint density at radius 3 is 2.10 bits per heavy atom. The van der Waals surface area contributed by atoms with Crippen LogP contribution in [0.2, 0.25) is 0 Å². The maximum atomic E-state index is 12.1. The number of benzene rings is 6. The minimum Gasteiger partial charge on any atom is -0.465 e. The van der Waals surface area contributed by atoms with Crippen LogP contribution in [0.5, 0.6) is 11.5 Å². The van der Waals surface area contributed by atoms with Crippen molar-refractivity contribution in [2.75, 3.05) is 7.11 Å². The molecule has 1 aliphatic heterocycles. The number of thiol groups is 1. The summed E-state index contributed by atoms with van der Waals surface area (Å²) in [5, 5.41) is 5.10. The number of thioether (sulfide) groups is 1. The van der Waals surface area contributed by atoms with Crippen LogP contribution >= 0.6 is 30.9 Å². The summed E-state index contributed by atoms with van der Waals surface area (Å²) in [6, 6.07) is 40.1. The van der Waals surface area contributed by atoms with Gasteiger partial charge in [0.1, 0.15) is 27.5 Å². The van der Waals surface area contributed by atoms with Gasteiger partial charge in [-0.2, -0.15) is 0 Å². The molecule has 3 N–H and O–H groups in total. The first-order valence-corrected chi connectivity index (χ1v) is 18.4. The standard InChI is InChI=1S/C37H25NO5S2.H3O4P/c1-40-35(39)25-17-18-32-29(21-25)38-36(42-32)45-37(43-34-26-12-4-6-14-30(26)41-31-15-7-5-13-27(31)34)44-33-16-8-11-24-19-22-9-2-3-10-23(22)20-28(24)33;1-5(2,3)4/h2-21,34,45H,1H3;(H3,1,2,3,4). The number of aromatic nitrogens is 1. The first kappa shape index (κ1) is 33.7. The summed E-state index contributed by atoms with van der Waals surface area (Å²) < 4.78 is 33.8. The molecule has 2 heterocycles. The number of esters is 1. The Morgan fingerprint density at radius 1 is 0.800 bits per heavy atom. The van der Waals surface area contributed by atoms with Gasteiger partial charge in [0.05, 0.1) is 12.7 Å². The molecule has 13 heteroatoms. The van der Waals surface area contributed by atoms with Crippen LogP contribution < -0.4 is 4.74 Å². The molecule has 252 valence electrons. The van der Waals surface area contributed by atoms with Crippen molar-refractivity contribution < 1.29 is 42.7 Å².